The Labute approximate surface area is 182 Å². The van der Waals surface area contributed by atoms with Crippen molar-refractivity contribution in [2.24, 2.45) is 10.2 Å². The Morgan fingerprint density at radius 2 is 1.77 bits per heavy atom. The van der Waals surface area contributed by atoms with Crippen LogP contribution in [-0.2, 0) is 0 Å². The second kappa shape index (κ2) is 8.88. The first-order chi connectivity index (χ1) is 15.0. The molecule has 5 nitrogen and oxygen atoms in total. The maximum Gasteiger partial charge on any atom is 0.151 e. The van der Waals surface area contributed by atoms with E-state index in [0.717, 1.165) is 44.9 Å². The van der Waals surface area contributed by atoms with Crippen LogP contribution in [0.4, 0.5) is 11.4 Å². The zero-order valence-electron chi connectivity index (χ0n) is 18.3. The number of para-hydroxylation sites is 1. The maximum absolute atomic E-state index is 6.19. The molecule has 4 rings (SSSR count). The van der Waals surface area contributed by atoms with Gasteiger partial charge in [-0.3, -0.25) is 10.4 Å². The minimum absolute atomic E-state index is 0.745. The summed E-state index contributed by atoms with van der Waals surface area (Å²) in [5, 5.41) is 12.0. The smallest absolute Gasteiger partial charge is 0.151 e. The van der Waals surface area contributed by atoms with Crippen molar-refractivity contribution in [2.75, 3.05) is 17.5 Å². The fourth-order valence-corrected chi connectivity index (χ4v) is 3.42. The van der Waals surface area contributed by atoms with Crippen LogP contribution in [0.2, 0.25) is 0 Å². The van der Waals surface area contributed by atoms with Crippen LogP contribution in [-0.4, -0.2) is 19.0 Å². The zero-order valence-corrected chi connectivity index (χ0v) is 18.3. The third-order valence-electron chi connectivity index (χ3n) is 5.12. The van der Waals surface area contributed by atoms with Crippen LogP contribution >= 0.6 is 0 Å². The van der Waals surface area contributed by atoms with Gasteiger partial charge in [0.05, 0.1) is 17.6 Å². The molecule has 5 heteroatoms. The number of rotatable bonds is 6. The molecule has 0 aliphatic heterocycles. The van der Waals surface area contributed by atoms with Crippen LogP contribution in [0.3, 0.4) is 0 Å². The van der Waals surface area contributed by atoms with Gasteiger partial charge in [-0.15, -0.1) is 0 Å². The van der Waals surface area contributed by atoms with E-state index in [2.05, 4.69) is 35.7 Å². The molecule has 1 N–H and O–H groups in total. The molecule has 0 fully saturated rings. The number of hydrogen-bond acceptors (Lipinski definition) is 5. The number of hydrogen-bond donors (Lipinski definition) is 1. The second-order valence-electron chi connectivity index (χ2n) is 7.61. The molecule has 0 atom stereocenters. The summed E-state index contributed by atoms with van der Waals surface area (Å²) >= 11 is 0. The Kier molecular flexibility index (Phi) is 5.85. The molecular weight excluding hydrogens is 384 g/mol. The molecule has 4 aromatic rings. The summed E-state index contributed by atoms with van der Waals surface area (Å²) in [5.41, 5.74) is 9.96. The lowest BCUT2D eigenvalue weighted by atomic mass is 10.1. The normalized spacial score (nSPS) is 11.9. The standard InChI is InChI=1S/C26H26N4O/c1-18-9-8-12-23(15-18)30(4)29-20(3)25-16-24-21(14-13-19(2)26(24)31-25)17-27-28-22-10-6-5-7-11-22/h5-17,28H,1-4H3/b27-17-,29-20-. The van der Waals surface area contributed by atoms with E-state index < -0.39 is 0 Å². The van der Waals surface area contributed by atoms with Gasteiger partial charge in [-0.25, -0.2) is 0 Å². The van der Waals surface area contributed by atoms with Gasteiger partial charge in [0, 0.05) is 18.0 Å². The van der Waals surface area contributed by atoms with E-state index in [1.807, 2.05) is 86.7 Å². The monoisotopic (exact) mass is 410 g/mol. The van der Waals surface area contributed by atoms with Crippen LogP contribution in [0.15, 0.2) is 87.4 Å². The predicted molar refractivity (Wildman–Crippen MR) is 130 cm³/mol. The molecule has 0 saturated carbocycles. The lowest BCUT2D eigenvalue weighted by molar-refractivity contribution is 0.601. The van der Waals surface area contributed by atoms with Crippen molar-refractivity contribution in [1.29, 1.82) is 0 Å². The van der Waals surface area contributed by atoms with Crippen molar-refractivity contribution < 1.29 is 4.42 Å². The van der Waals surface area contributed by atoms with Gasteiger partial charge in [0.2, 0.25) is 0 Å². The summed E-state index contributed by atoms with van der Waals surface area (Å²) in [4.78, 5) is 0. The van der Waals surface area contributed by atoms with E-state index in [1.54, 1.807) is 0 Å². The highest BCUT2D eigenvalue weighted by molar-refractivity contribution is 6.05. The number of hydrazone groups is 2. The van der Waals surface area contributed by atoms with Crippen molar-refractivity contribution in [3.05, 3.63) is 95.2 Å². The van der Waals surface area contributed by atoms with Crippen LogP contribution < -0.4 is 10.4 Å². The van der Waals surface area contributed by atoms with Crippen LogP contribution in [0, 0.1) is 13.8 Å². The average molecular weight is 411 g/mol. The highest BCUT2D eigenvalue weighted by Gasteiger charge is 2.12. The molecule has 0 aliphatic carbocycles. The molecule has 1 aromatic heterocycles. The van der Waals surface area contributed by atoms with Crippen molar-refractivity contribution in [3.8, 4) is 0 Å². The SMILES string of the molecule is C/C(=N/N(C)c1cccc(C)c1)c1cc2c(/C=N\Nc3ccccc3)ccc(C)c2o1. The third-order valence-corrected chi connectivity index (χ3v) is 5.12. The minimum Gasteiger partial charge on any atom is -0.454 e. The molecule has 31 heavy (non-hydrogen) atoms. The zero-order chi connectivity index (χ0) is 21.8. The maximum atomic E-state index is 6.19. The topological polar surface area (TPSA) is 53.1 Å². The van der Waals surface area contributed by atoms with E-state index in [1.165, 1.54) is 5.56 Å². The summed E-state index contributed by atoms with van der Waals surface area (Å²) in [5.74, 6) is 0.745. The summed E-state index contributed by atoms with van der Waals surface area (Å²) in [6.45, 7) is 6.08. The van der Waals surface area contributed by atoms with Gasteiger partial charge in [0.1, 0.15) is 11.3 Å². The quantitative estimate of drug-likeness (QED) is 0.297. The fraction of sp³-hybridized carbons (Fsp3) is 0.154. The van der Waals surface area contributed by atoms with Crippen molar-refractivity contribution in [3.63, 3.8) is 0 Å². The van der Waals surface area contributed by atoms with E-state index in [9.17, 15) is 0 Å². The Morgan fingerprint density at radius 1 is 0.968 bits per heavy atom. The molecule has 0 bridgehead atoms. The third kappa shape index (κ3) is 4.67. The Morgan fingerprint density at radius 3 is 2.55 bits per heavy atom. The first kappa shape index (κ1) is 20.4. The number of nitrogens with zero attached hydrogens (tertiary/aromatic N) is 3. The van der Waals surface area contributed by atoms with E-state index in [4.69, 9.17) is 9.52 Å². The van der Waals surface area contributed by atoms with Crippen molar-refractivity contribution in [1.82, 2.24) is 0 Å². The summed E-state index contributed by atoms with van der Waals surface area (Å²) in [6.07, 6.45) is 1.82. The largest absolute Gasteiger partial charge is 0.454 e. The molecular formula is C26H26N4O. The summed E-state index contributed by atoms with van der Waals surface area (Å²) in [6, 6.07) is 24.3. The van der Waals surface area contributed by atoms with Gasteiger partial charge in [0.15, 0.2) is 5.76 Å². The molecule has 3 aromatic carbocycles. The Hall–Kier alpha value is -3.86. The van der Waals surface area contributed by atoms with Crippen molar-refractivity contribution >= 4 is 34.3 Å². The molecule has 0 amide bonds. The molecule has 0 spiro atoms. The highest BCUT2D eigenvalue weighted by atomic mass is 16.3. The van der Waals surface area contributed by atoms with Gasteiger partial charge in [-0.05, 0) is 62.2 Å². The van der Waals surface area contributed by atoms with Gasteiger partial charge in [-0.2, -0.15) is 10.2 Å². The number of fused-ring (bicyclic) bond motifs is 1. The minimum atomic E-state index is 0.745. The molecule has 0 radical (unpaired) electrons. The molecule has 1 heterocycles. The Bertz CT molecular complexity index is 1260. The number of benzene rings is 3. The van der Waals surface area contributed by atoms with Gasteiger partial charge < -0.3 is 4.42 Å². The van der Waals surface area contributed by atoms with Crippen molar-refractivity contribution in [2.45, 2.75) is 20.8 Å². The molecule has 0 aliphatic rings. The van der Waals surface area contributed by atoms with Gasteiger partial charge in [-0.1, -0.05) is 42.5 Å². The molecule has 0 saturated heterocycles. The number of nitrogens with one attached hydrogen (secondary N) is 1. The molecule has 0 unspecified atom stereocenters. The number of aryl methyl sites for hydroxylation is 2. The van der Waals surface area contributed by atoms with Crippen LogP contribution in [0.25, 0.3) is 11.0 Å². The first-order valence-electron chi connectivity index (χ1n) is 10.2. The lowest BCUT2D eigenvalue weighted by Gasteiger charge is -2.14. The second-order valence-corrected chi connectivity index (χ2v) is 7.61. The van der Waals surface area contributed by atoms with Crippen LogP contribution in [0.1, 0.15) is 29.4 Å². The first-order valence-corrected chi connectivity index (χ1v) is 10.2. The van der Waals surface area contributed by atoms with E-state index in [0.29, 0.717) is 0 Å². The Balaban J connectivity index is 1.62. The number of anilines is 2. The number of furan rings is 1. The summed E-state index contributed by atoms with van der Waals surface area (Å²) < 4.78 is 6.19. The van der Waals surface area contributed by atoms with Gasteiger partial charge >= 0.3 is 0 Å². The summed E-state index contributed by atoms with van der Waals surface area (Å²) in [7, 11) is 1.94. The predicted octanol–water partition coefficient (Wildman–Crippen LogP) is 6.36. The fourth-order valence-electron chi connectivity index (χ4n) is 3.42. The highest BCUT2D eigenvalue weighted by Crippen LogP contribution is 2.26. The van der Waals surface area contributed by atoms with Crippen LogP contribution in [0.5, 0.6) is 0 Å². The van der Waals surface area contributed by atoms with E-state index >= 15 is 0 Å². The average Bonchev–Trinajstić information content (AvgIpc) is 3.23. The van der Waals surface area contributed by atoms with E-state index in [-0.39, 0.29) is 0 Å². The lowest BCUT2D eigenvalue weighted by Crippen LogP contribution is -2.12. The van der Waals surface area contributed by atoms with Gasteiger partial charge in [0.25, 0.3) is 0 Å². The molecule has 156 valence electrons.